The Hall–Kier alpha value is -5.47. The van der Waals surface area contributed by atoms with Crippen LogP contribution in [0.5, 0.6) is 0 Å². The Morgan fingerprint density at radius 1 is 1.20 bits per heavy atom. The van der Waals surface area contributed by atoms with Gasteiger partial charge in [-0.3, -0.25) is 15.3 Å². The lowest BCUT2D eigenvalue weighted by Crippen LogP contribution is -2.36. The zero-order valence-electron chi connectivity index (χ0n) is 24.3. The van der Waals surface area contributed by atoms with E-state index in [1.165, 1.54) is 48.6 Å². The standard InChI is InChI=1S/C31H26ClFN8O5/c1-46-31(43)35-20-8-9-22-26(13-20)36-30(42)5-3-2-4-21(24-14-29(22)41(45)16-25(24)33)28-10-6-18(15-40(28)44)23-12-19(32)7-11-27(23)39-17-34-37-38-39/h6-17,21,45H,2-5H2,1H3,(H,35,43)/b29-22+,36-26?. The third-order valence-electron chi connectivity index (χ3n) is 7.68. The summed E-state index contributed by atoms with van der Waals surface area (Å²) in [5.41, 5.74) is 2.58. The number of amides is 2. The number of rotatable bonds is 4. The van der Waals surface area contributed by atoms with Gasteiger partial charge >= 0.3 is 6.09 Å². The van der Waals surface area contributed by atoms with E-state index in [2.05, 4.69) is 30.6 Å². The lowest BCUT2D eigenvalue weighted by molar-refractivity contribution is -0.614. The molecule has 46 heavy (non-hydrogen) atoms. The smallest absolute Gasteiger partial charge is 0.411 e. The van der Waals surface area contributed by atoms with Crippen molar-refractivity contribution in [1.82, 2.24) is 25.3 Å². The van der Waals surface area contributed by atoms with Crippen molar-refractivity contribution in [2.75, 3.05) is 12.4 Å². The molecule has 4 aromatic rings. The van der Waals surface area contributed by atoms with Gasteiger partial charge < -0.3 is 9.94 Å². The van der Waals surface area contributed by atoms with E-state index in [0.29, 0.717) is 61.8 Å². The van der Waals surface area contributed by atoms with Gasteiger partial charge in [-0.05, 0) is 71.8 Å². The highest BCUT2D eigenvalue weighted by molar-refractivity contribution is 6.31. The maximum Gasteiger partial charge on any atom is 0.411 e. The van der Waals surface area contributed by atoms with Gasteiger partial charge in [0.25, 0.3) is 0 Å². The zero-order chi connectivity index (χ0) is 32.4. The summed E-state index contributed by atoms with van der Waals surface area (Å²) in [7, 11) is 1.21. The average Bonchev–Trinajstić information content (AvgIpc) is 3.57. The van der Waals surface area contributed by atoms with Crippen LogP contribution in [0.1, 0.15) is 37.3 Å². The van der Waals surface area contributed by atoms with Crippen molar-refractivity contribution in [3.63, 3.8) is 0 Å². The molecule has 4 heterocycles. The van der Waals surface area contributed by atoms with Crippen LogP contribution in [0.15, 0.2) is 89.7 Å². The molecule has 0 saturated heterocycles. The van der Waals surface area contributed by atoms with Gasteiger partial charge in [0.05, 0.1) is 36.0 Å². The number of carbonyl (C=O) groups is 2. The number of hydroxylamine groups is 2. The number of tetrazole rings is 1. The second-order valence-electron chi connectivity index (χ2n) is 10.5. The minimum absolute atomic E-state index is 0.0986. The van der Waals surface area contributed by atoms with Gasteiger partial charge in [0, 0.05) is 45.1 Å². The van der Waals surface area contributed by atoms with Crippen LogP contribution in [0.25, 0.3) is 22.5 Å². The highest BCUT2D eigenvalue weighted by Gasteiger charge is 2.31. The third kappa shape index (κ3) is 6.20. The fraction of sp³-hybridized carbons (Fsp3) is 0.194. The number of hydrogen-bond acceptors (Lipinski definition) is 9. The summed E-state index contributed by atoms with van der Waals surface area (Å²) in [4.78, 5) is 28.8. The van der Waals surface area contributed by atoms with E-state index in [1.54, 1.807) is 30.3 Å². The lowest BCUT2D eigenvalue weighted by Gasteiger charge is -2.25. The number of allylic oxidation sites excluding steroid dienone is 2. The molecule has 2 aromatic carbocycles. The Kier molecular flexibility index (Phi) is 8.55. The van der Waals surface area contributed by atoms with Crippen LogP contribution in [0.4, 0.5) is 14.9 Å². The number of nitrogens with zero attached hydrogens (tertiary/aromatic N) is 7. The molecule has 234 valence electrons. The molecule has 1 atom stereocenters. The number of carbonyl (C=O) groups excluding carboxylic acids is 2. The molecule has 0 saturated carbocycles. The second-order valence-corrected chi connectivity index (χ2v) is 11.0. The molecule has 2 N–H and O–H groups in total. The van der Waals surface area contributed by atoms with Crippen molar-refractivity contribution < 1.29 is 28.7 Å². The molecule has 2 aromatic heterocycles. The number of aromatic nitrogens is 5. The number of anilines is 1. The Morgan fingerprint density at radius 2 is 2.04 bits per heavy atom. The number of hydrogen-bond donors (Lipinski definition) is 2. The van der Waals surface area contributed by atoms with Gasteiger partial charge in [-0.25, -0.2) is 19.2 Å². The summed E-state index contributed by atoms with van der Waals surface area (Å²) in [5.74, 6) is -1.88. The number of methoxy groups -OCH3 is 1. The Labute approximate surface area is 265 Å². The first-order chi connectivity index (χ1) is 22.2. The number of fused-ring (bicyclic) bond motifs is 2. The molecule has 2 aliphatic rings. The van der Waals surface area contributed by atoms with Crippen LogP contribution in [0.3, 0.4) is 0 Å². The molecule has 2 aliphatic heterocycles. The first-order valence-electron chi connectivity index (χ1n) is 14.2. The quantitative estimate of drug-likeness (QED) is 0.248. The average molecular weight is 645 g/mol. The number of nitrogens with one attached hydrogen (secondary N) is 1. The van der Waals surface area contributed by atoms with Gasteiger partial charge in [0.1, 0.15) is 12.2 Å². The topological polar surface area (TPSA) is 162 Å². The molecular formula is C31H26ClFN8O5. The predicted octanol–water partition coefficient (Wildman–Crippen LogP) is 3.85. The van der Waals surface area contributed by atoms with Gasteiger partial charge in [0.2, 0.25) is 5.91 Å². The van der Waals surface area contributed by atoms with Crippen LogP contribution in [0.2, 0.25) is 5.02 Å². The van der Waals surface area contributed by atoms with Gasteiger partial charge in [-0.2, -0.15) is 9.41 Å². The van der Waals surface area contributed by atoms with Crippen LogP contribution >= 0.6 is 11.6 Å². The molecule has 13 nitrogen and oxygen atoms in total. The summed E-state index contributed by atoms with van der Waals surface area (Å²) < 4.78 is 22.5. The first-order valence-corrected chi connectivity index (χ1v) is 14.5. The molecule has 0 radical (unpaired) electrons. The number of halogens is 2. The summed E-state index contributed by atoms with van der Waals surface area (Å²) >= 11 is 6.30. The van der Waals surface area contributed by atoms with E-state index in [1.807, 2.05) is 0 Å². The van der Waals surface area contributed by atoms with Gasteiger partial charge in [-0.1, -0.05) is 18.0 Å². The molecule has 0 aliphatic carbocycles. The predicted molar refractivity (Wildman–Crippen MR) is 162 cm³/mol. The number of benzene rings is 2. The first kappa shape index (κ1) is 30.6. The highest BCUT2D eigenvalue weighted by Crippen LogP contribution is 2.38. The van der Waals surface area contributed by atoms with Crippen molar-refractivity contribution in [3.8, 4) is 16.8 Å². The van der Waals surface area contributed by atoms with Crippen LogP contribution in [0, 0.1) is 5.21 Å². The molecule has 15 heteroatoms. The maximum atomic E-state index is 15.7. The highest BCUT2D eigenvalue weighted by atomic mass is 35.5. The van der Waals surface area contributed by atoms with Crippen molar-refractivity contribution in [2.24, 2.45) is 4.99 Å². The van der Waals surface area contributed by atoms with Crippen molar-refractivity contribution in [3.05, 3.63) is 111 Å². The number of ether oxygens (including phenoxy) is 1. The number of pyridine rings is 1. The lowest BCUT2D eigenvalue weighted by atomic mass is 9.86. The fourth-order valence-corrected chi connectivity index (χ4v) is 5.67. The molecular weight excluding hydrogens is 619 g/mol. The van der Waals surface area contributed by atoms with E-state index in [-0.39, 0.29) is 28.7 Å². The maximum absolute atomic E-state index is 15.7. The third-order valence-corrected chi connectivity index (χ3v) is 7.91. The summed E-state index contributed by atoms with van der Waals surface area (Å²) in [6, 6.07) is 13.0. The Balaban J connectivity index is 1.48. The van der Waals surface area contributed by atoms with E-state index in [0.717, 1.165) is 6.20 Å². The fourth-order valence-electron chi connectivity index (χ4n) is 5.50. The largest absolute Gasteiger partial charge is 0.618 e. The van der Waals surface area contributed by atoms with Crippen LogP contribution < -0.4 is 20.6 Å². The van der Waals surface area contributed by atoms with Crippen molar-refractivity contribution in [2.45, 2.75) is 31.6 Å². The normalized spacial score (nSPS) is 17.9. The van der Waals surface area contributed by atoms with Crippen molar-refractivity contribution in [1.29, 1.82) is 0 Å². The SMILES string of the molecule is COC(=O)Nc1cc/c2c(c1)=NC(=O)CCCCC(c1ccc(-c3cc(Cl)ccc3-n3cnnn3)c[n+]1[O-])C1=C\C=2N(O)C=C1F. The Morgan fingerprint density at radius 3 is 2.80 bits per heavy atom. The van der Waals surface area contributed by atoms with Gasteiger partial charge in [0.15, 0.2) is 11.9 Å². The second kappa shape index (κ2) is 12.9. The minimum atomic E-state index is -0.736. The molecule has 1 unspecified atom stereocenters. The molecule has 6 rings (SSSR count). The van der Waals surface area contributed by atoms with E-state index in [9.17, 15) is 20.0 Å². The monoisotopic (exact) mass is 644 g/mol. The van der Waals surface area contributed by atoms with Gasteiger partial charge in [-0.15, -0.1) is 5.10 Å². The summed E-state index contributed by atoms with van der Waals surface area (Å²) in [6.07, 6.45) is 5.78. The van der Waals surface area contributed by atoms with E-state index >= 15 is 4.39 Å². The van der Waals surface area contributed by atoms with E-state index in [4.69, 9.17) is 11.6 Å². The van der Waals surface area contributed by atoms with Crippen LogP contribution in [-0.4, -0.2) is 49.6 Å². The summed E-state index contributed by atoms with van der Waals surface area (Å²) in [6.45, 7) is 0. The summed E-state index contributed by atoms with van der Waals surface area (Å²) in [5, 5.41) is 39.8. The zero-order valence-corrected chi connectivity index (χ0v) is 25.1. The molecule has 2 amide bonds. The molecule has 0 spiro atoms. The Bertz CT molecular complexity index is 2030. The van der Waals surface area contributed by atoms with E-state index < -0.39 is 23.7 Å². The minimum Gasteiger partial charge on any atom is -0.618 e. The van der Waals surface area contributed by atoms with Crippen LogP contribution in [-0.2, 0) is 9.53 Å². The molecule has 0 fully saturated rings. The molecule has 2 bridgehead atoms. The van der Waals surface area contributed by atoms with Crippen molar-refractivity contribution >= 4 is 35.0 Å².